The van der Waals surface area contributed by atoms with E-state index in [0.29, 0.717) is 5.88 Å². The Labute approximate surface area is 93.4 Å². The van der Waals surface area contributed by atoms with Gasteiger partial charge < -0.3 is 19.6 Å². The number of hydrogen-bond acceptors (Lipinski definition) is 4. The van der Waals surface area contributed by atoms with Crippen LogP contribution in [0.25, 0.3) is 0 Å². The summed E-state index contributed by atoms with van der Waals surface area (Å²) in [6, 6.07) is 3.18. The van der Waals surface area contributed by atoms with Gasteiger partial charge in [-0.25, -0.2) is 4.79 Å². The summed E-state index contributed by atoms with van der Waals surface area (Å²) in [4.78, 5) is 10.6. The molecule has 0 radical (unpaired) electrons. The quantitative estimate of drug-likeness (QED) is 0.819. The molecule has 2 atom stereocenters. The van der Waals surface area contributed by atoms with Crippen LogP contribution >= 0.6 is 0 Å². The van der Waals surface area contributed by atoms with E-state index in [2.05, 4.69) is 5.32 Å². The molecule has 88 valence electrons. The van der Waals surface area contributed by atoms with E-state index in [1.807, 2.05) is 6.92 Å². The van der Waals surface area contributed by atoms with Gasteiger partial charge in [0.15, 0.2) is 5.88 Å². The summed E-state index contributed by atoms with van der Waals surface area (Å²) >= 11 is 0. The fraction of sp³-hybridized carbons (Fsp3) is 0.545. The summed E-state index contributed by atoms with van der Waals surface area (Å²) in [6.07, 6.45) is 2.29. The Balaban J connectivity index is 1.94. The number of furan rings is 1. The predicted octanol–water partition coefficient (Wildman–Crippen LogP) is 1.96. The van der Waals surface area contributed by atoms with Crippen LogP contribution in [0.5, 0.6) is 0 Å². The van der Waals surface area contributed by atoms with Crippen LogP contribution in [-0.2, 0) is 4.74 Å². The first-order chi connectivity index (χ1) is 7.66. The maximum atomic E-state index is 10.6. The van der Waals surface area contributed by atoms with Gasteiger partial charge in [0.2, 0.25) is 5.76 Å². The zero-order valence-corrected chi connectivity index (χ0v) is 9.10. The molecule has 16 heavy (non-hydrogen) atoms. The molecule has 1 aliphatic heterocycles. The SMILES string of the molecule is CC(Nc1ccc(C(=O)O)o1)C1CCCO1. The predicted molar refractivity (Wildman–Crippen MR) is 57.7 cm³/mol. The summed E-state index contributed by atoms with van der Waals surface area (Å²) in [7, 11) is 0. The van der Waals surface area contributed by atoms with E-state index in [-0.39, 0.29) is 17.9 Å². The average molecular weight is 225 g/mol. The van der Waals surface area contributed by atoms with Gasteiger partial charge in [-0.3, -0.25) is 0 Å². The number of ether oxygens (including phenoxy) is 1. The maximum Gasteiger partial charge on any atom is 0.371 e. The van der Waals surface area contributed by atoms with Gasteiger partial charge >= 0.3 is 5.97 Å². The summed E-state index contributed by atoms with van der Waals surface area (Å²) < 4.78 is 10.6. The monoisotopic (exact) mass is 225 g/mol. The zero-order valence-electron chi connectivity index (χ0n) is 9.10. The lowest BCUT2D eigenvalue weighted by atomic mass is 10.1. The van der Waals surface area contributed by atoms with E-state index in [9.17, 15) is 4.79 Å². The minimum Gasteiger partial charge on any atom is -0.475 e. The molecule has 2 N–H and O–H groups in total. The molecule has 1 aromatic heterocycles. The van der Waals surface area contributed by atoms with E-state index < -0.39 is 5.97 Å². The Morgan fingerprint density at radius 1 is 1.62 bits per heavy atom. The fourth-order valence-electron chi connectivity index (χ4n) is 1.84. The Morgan fingerprint density at radius 3 is 3.00 bits per heavy atom. The molecular weight excluding hydrogens is 210 g/mol. The third kappa shape index (κ3) is 2.36. The van der Waals surface area contributed by atoms with Crippen LogP contribution in [0.3, 0.4) is 0 Å². The van der Waals surface area contributed by atoms with Crippen molar-refractivity contribution in [1.82, 2.24) is 0 Å². The van der Waals surface area contributed by atoms with Crippen LogP contribution in [0.1, 0.15) is 30.3 Å². The lowest BCUT2D eigenvalue weighted by Crippen LogP contribution is -2.29. The van der Waals surface area contributed by atoms with E-state index >= 15 is 0 Å². The maximum absolute atomic E-state index is 10.6. The Hall–Kier alpha value is -1.49. The molecule has 5 nitrogen and oxygen atoms in total. The van der Waals surface area contributed by atoms with Gasteiger partial charge in [0.25, 0.3) is 0 Å². The zero-order chi connectivity index (χ0) is 11.5. The third-order valence-corrected chi connectivity index (χ3v) is 2.71. The van der Waals surface area contributed by atoms with Crippen molar-refractivity contribution in [2.45, 2.75) is 31.9 Å². The van der Waals surface area contributed by atoms with Crippen molar-refractivity contribution in [1.29, 1.82) is 0 Å². The highest BCUT2D eigenvalue weighted by molar-refractivity contribution is 5.84. The van der Waals surface area contributed by atoms with Crippen molar-refractivity contribution in [3.8, 4) is 0 Å². The minimum absolute atomic E-state index is 0.0537. The van der Waals surface area contributed by atoms with Crippen LogP contribution < -0.4 is 5.32 Å². The number of carbonyl (C=O) groups is 1. The van der Waals surface area contributed by atoms with Crippen LogP contribution in [0.15, 0.2) is 16.5 Å². The van der Waals surface area contributed by atoms with E-state index in [1.54, 1.807) is 6.07 Å². The van der Waals surface area contributed by atoms with Crippen molar-refractivity contribution in [3.63, 3.8) is 0 Å². The van der Waals surface area contributed by atoms with Crippen molar-refractivity contribution in [3.05, 3.63) is 17.9 Å². The van der Waals surface area contributed by atoms with Gasteiger partial charge in [-0.2, -0.15) is 0 Å². The van der Waals surface area contributed by atoms with Gasteiger partial charge in [0.05, 0.1) is 12.1 Å². The molecule has 0 aromatic carbocycles. The fourth-order valence-corrected chi connectivity index (χ4v) is 1.84. The highest BCUT2D eigenvalue weighted by Gasteiger charge is 2.23. The van der Waals surface area contributed by atoms with Gasteiger partial charge in [0, 0.05) is 12.7 Å². The van der Waals surface area contributed by atoms with E-state index in [1.165, 1.54) is 6.07 Å². The van der Waals surface area contributed by atoms with E-state index in [0.717, 1.165) is 19.4 Å². The van der Waals surface area contributed by atoms with E-state index in [4.69, 9.17) is 14.3 Å². The number of carboxylic acid groups (broad SMARTS) is 1. The van der Waals surface area contributed by atoms with Gasteiger partial charge in [-0.1, -0.05) is 0 Å². The highest BCUT2D eigenvalue weighted by atomic mass is 16.5. The first-order valence-corrected chi connectivity index (χ1v) is 5.38. The van der Waals surface area contributed by atoms with Crippen LogP contribution in [0, 0.1) is 0 Å². The molecule has 5 heteroatoms. The molecule has 0 amide bonds. The minimum atomic E-state index is -1.06. The standard InChI is InChI=1S/C11H15NO4/c1-7(8-3-2-6-15-8)12-10-5-4-9(16-10)11(13)14/h4-5,7-8,12H,2-3,6H2,1H3,(H,13,14). The van der Waals surface area contributed by atoms with Crippen molar-refractivity contribution >= 4 is 11.9 Å². The lowest BCUT2D eigenvalue weighted by Gasteiger charge is -2.19. The molecule has 0 aliphatic carbocycles. The topological polar surface area (TPSA) is 71.7 Å². The molecule has 0 spiro atoms. The van der Waals surface area contributed by atoms with Crippen LogP contribution in [-0.4, -0.2) is 29.8 Å². The Morgan fingerprint density at radius 2 is 2.44 bits per heavy atom. The summed E-state index contributed by atoms with van der Waals surface area (Å²) in [5.74, 6) is -0.639. The van der Waals surface area contributed by atoms with Crippen molar-refractivity contribution in [2.75, 3.05) is 11.9 Å². The summed E-state index contributed by atoms with van der Waals surface area (Å²) in [6.45, 7) is 2.80. The van der Waals surface area contributed by atoms with Crippen LogP contribution in [0.2, 0.25) is 0 Å². The Kier molecular flexibility index (Phi) is 3.14. The second-order valence-corrected chi connectivity index (χ2v) is 3.95. The smallest absolute Gasteiger partial charge is 0.371 e. The molecule has 2 heterocycles. The van der Waals surface area contributed by atoms with Crippen molar-refractivity contribution < 1.29 is 19.1 Å². The normalized spacial score (nSPS) is 21.9. The number of hydrogen-bond donors (Lipinski definition) is 2. The highest BCUT2D eigenvalue weighted by Crippen LogP contribution is 2.20. The number of anilines is 1. The summed E-state index contributed by atoms with van der Waals surface area (Å²) in [5, 5.41) is 11.8. The number of aromatic carboxylic acids is 1. The molecule has 2 unspecified atom stereocenters. The first kappa shape index (κ1) is 11.0. The van der Waals surface area contributed by atoms with Crippen molar-refractivity contribution in [2.24, 2.45) is 0 Å². The molecular formula is C11H15NO4. The Bertz CT molecular complexity index is 368. The van der Waals surface area contributed by atoms with Crippen LogP contribution in [0.4, 0.5) is 5.88 Å². The largest absolute Gasteiger partial charge is 0.475 e. The molecule has 1 aliphatic rings. The second-order valence-electron chi connectivity index (χ2n) is 3.95. The molecule has 0 bridgehead atoms. The van der Waals surface area contributed by atoms with Gasteiger partial charge in [-0.05, 0) is 25.8 Å². The number of rotatable bonds is 4. The summed E-state index contributed by atoms with van der Waals surface area (Å²) in [5.41, 5.74) is 0. The molecule has 1 aromatic rings. The first-order valence-electron chi connectivity index (χ1n) is 5.38. The average Bonchev–Trinajstić information content (AvgIpc) is 2.87. The third-order valence-electron chi connectivity index (χ3n) is 2.71. The molecule has 2 rings (SSSR count). The number of nitrogens with one attached hydrogen (secondary N) is 1. The van der Waals surface area contributed by atoms with Gasteiger partial charge in [-0.15, -0.1) is 0 Å². The second kappa shape index (κ2) is 4.57. The molecule has 1 fully saturated rings. The lowest BCUT2D eigenvalue weighted by molar-refractivity contribution is 0.0663. The molecule has 1 saturated heterocycles. The van der Waals surface area contributed by atoms with Gasteiger partial charge in [0.1, 0.15) is 0 Å². The molecule has 0 saturated carbocycles. The number of carboxylic acids is 1.